The minimum atomic E-state index is 0.355. The number of hydrogen-bond donors (Lipinski definition) is 0. The predicted octanol–water partition coefficient (Wildman–Crippen LogP) is 3.59. The van der Waals surface area contributed by atoms with E-state index in [-0.39, 0.29) is 0 Å². The number of nitrogens with zero attached hydrogens (tertiary/aromatic N) is 1. The lowest BCUT2D eigenvalue weighted by Crippen LogP contribution is -2.37. The maximum atomic E-state index is 11.8. The number of Topliss-reactive ketones (excluding diaryl/α,β-unsaturated/α-hetero) is 1. The molecule has 1 aliphatic heterocycles. The molecule has 2 aromatic rings. The monoisotopic (exact) mass is 265 g/mol. The molecule has 0 radical (unpaired) electrons. The van der Waals surface area contributed by atoms with Crippen LogP contribution in [0.2, 0.25) is 0 Å². The van der Waals surface area contributed by atoms with Crippen molar-refractivity contribution in [1.82, 2.24) is 4.90 Å². The molecular formula is C18H19NO. The Morgan fingerprint density at radius 2 is 1.60 bits per heavy atom. The summed E-state index contributed by atoms with van der Waals surface area (Å²) in [5.41, 5.74) is 2.58. The standard InChI is InChI=1S/C18H19NO/c20-17-11-12-18(16-9-5-2-6-10-16)19(14-17)13-15-7-3-1-4-8-15/h1-10,18H,11-14H2/t18-/m0/s1. The van der Waals surface area contributed by atoms with Gasteiger partial charge in [-0.15, -0.1) is 0 Å². The molecule has 0 N–H and O–H groups in total. The molecule has 20 heavy (non-hydrogen) atoms. The molecule has 1 atom stereocenters. The third kappa shape index (κ3) is 2.97. The van der Waals surface area contributed by atoms with E-state index < -0.39 is 0 Å². The summed E-state index contributed by atoms with van der Waals surface area (Å²) in [5, 5.41) is 0. The highest BCUT2D eigenvalue weighted by molar-refractivity contribution is 5.81. The largest absolute Gasteiger partial charge is 0.298 e. The van der Waals surface area contributed by atoms with E-state index in [0.29, 0.717) is 24.8 Å². The van der Waals surface area contributed by atoms with Crippen LogP contribution in [0.4, 0.5) is 0 Å². The number of carbonyl (C=O) groups excluding carboxylic acids is 1. The van der Waals surface area contributed by atoms with Crippen LogP contribution in [0.1, 0.15) is 30.0 Å². The van der Waals surface area contributed by atoms with Crippen molar-refractivity contribution < 1.29 is 4.79 Å². The maximum absolute atomic E-state index is 11.8. The highest BCUT2D eigenvalue weighted by atomic mass is 16.1. The number of ketones is 1. The zero-order chi connectivity index (χ0) is 13.8. The molecule has 0 bridgehead atoms. The van der Waals surface area contributed by atoms with Gasteiger partial charge in [-0.25, -0.2) is 0 Å². The van der Waals surface area contributed by atoms with Gasteiger partial charge in [0.05, 0.1) is 6.54 Å². The van der Waals surface area contributed by atoms with Gasteiger partial charge in [-0.1, -0.05) is 60.7 Å². The first kappa shape index (κ1) is 13.1. The summed E-state index contributed by atoms with van der Waals surface area (Å²) in [5.74, 6) is 0.355. The Morgan fingerprint density at radius 1 is 0.950 bits per heavy atom. The highest BCUT2D eigenvalue weighted by Crippen LogP contribution is 2.30. The molecule has 0 amide bonds. The second kappa shape index (κ2) is 6.02. The van der Waals surface area contributed by atoms with E-state index in [4.69, 9.17) is 0 Å². The molecule has 1 fully saturated rings. The van der Waals surface area contributed by atoms with Crippen molar-refractivity contribution in [2.75, 3.05) is 6.54 Å². The highest BCUT2D eigenvalue weighted by Gasteiger charge is 2.27. The van der Waals surface area contributed by atoms with Crippen LogP contribution in [0.15, 0.2) is 60.7 Å². The quantitative estimate of drug-likeness (QED) is 0.845. The number of likely N-dealkylation sites (tertiary alicyclic amines) is 1. The lowest BCUT2D eigenvalue weighted by Gasteiger charge is -2.35. The van der Waals surface area contributed by atoms with Crippen LogP contribution in [0.5, 0.6) is 0 Å². The van der Waals surface area contributed by atoms with Crippen molar-refractivity contribution in [3.63, 3.8) is 0 Å². The first-order chi connectivity index (χ1) is 9.83. The summed E-state index contributed by atoms with van der Waals surface area (Å²) in [4.78, 5) is 14.1. The lowest BCUT2D eigenvalue weighted by molar-refractivity contribution is -0.123. The van der Waals surface area contributed by atoms with Gasteiger partial charge in [0.2, 0.25) is 0 Å². The summed E-state index contributed by atoms with van der Waals surface area (Å²) in [6.07, 6.45) is 1.63. The Morgan fingerprint density at radius 3 is 2.30 bits per heavy atom. The Balaban J connectivity index is 1.82. The molecule has 0 saturated carbocycles. The van der Waals surface area contributed by atoms with Gasteiger partial charge in [0.25, 0.3) is 0 Å². The molecule has 2 heteroatoms. The molecule has 2 nitrogen and oxygen atoms in total. The minimum absolute atomic E-state index is 0.355. The SMILES string of the molecule is O=C1CC[C@@H](c2ccccc2)N(Cc2ccccc2)C1. The first-order valence-electron chi connectivity index (χ1n) is 7.17. The molecule has 1 heterocycles. The van der Waals surface area contributed by atoms with E-state index in [1.807, 2.05) is 12.1 Å². The third-order valence-corrected chi connectivity index (χ3v) is 3.93. The van der Waals surface area contributed by atoms with Gasteiger partial charge in [-0.05, 0) is 17.5 Å². The fourth-order valence-corrected chi connectivity index (χ4v) is 2.93. The van der Waals surface area contributed by atoms with Crippen molar-refractivity contribution in [2.45, 2.75) is 25.4 Å². The van der Waals surface area contributed by atoms with E-state index in [0.717, 1.165) is 13.0 Å². The fourth-order valence-electron chi connectivity index (χ4n) is 2.93. The Hall–Kier alpha value is -1.93. The number of hydrogen-bond acceptors (Lipinski definition) is 2. The second-order valence-electron chi connectivity index (χ2n) is 5.39. The summed E-state index contributed by atoms with van der Waals surface area (Å²) < 4.78 is 0. The van der Waals surface area contributed by atoms with Gasteiger partial charge < -0.3 is 0 Å². The zero-order valence-corrected chi connectivity index (χ0v) is 11.5. The van der Waals surface area contributed by atoms with Crippen molar-refractivity contribution >= 4 is 5.78 Å². The summed E-state index contributed by atoms with van der Waals surface area (Å²) in [7, 11) is 0. The first-order valence-corrected chi connectivity index (χ1v) is 7.17. The van der Waals surface area contributed by atoms with Crippen molar-refractivity contribution in [3.8, 4) is 0 Å². The van der Waals surface area contributed by atoms with E-state index in [1.165, 1.54) is 11.1 Å². The summed E-state index contributed by atoms with van der Waals surface area (Å²) in [6.45, 7) is 1.40. The van der Waals surface area contributed by atoms with Crippen molar-refractivity contribution in [3.05, 3.63) is 71.8 Å². The Labute approximate surface area is 120 Å². The van der Waals surface area contributed by atoms with Crippen molar-refractivity contribution in [1.29, 1.82) is 0 Å². The van der Waals surface area contributed by atoms with E-state index in [1.54, 1.807) is 0 Å². The maximum Gasteiger partial charge on any atom is 0.146 e. The molecule has 0 aliphatic carbocycles. The molecule has 2 aromatic carbocycles. The van der Waals surface area contributed by atoms with Crippen LogP contribution in [-0.4, -0.2) is 17.2 Å². The van der Waals surface area contributed by atoms with Crippen LogP contribution in [0.3, 0.4) is 0 Å². The van der Waals surface area contributed by atoms with Gasteiger partial charge >= 0.3 is 0 Å². The van der Waals surface area contributed by atoms with Gasteiger partial charge in [-0.3, -0.25) is 9.69 Å². The second-order valence-corrected chi connectivity index (χ2v) is 5.39. The van der Waals surface area contributed by atoms with Gasteiger partial charge in [0.15, 0.2) is 0 Å². The smallest absolute Gasteiger partial charge is 0.146 e. The fraction of sp³-hybridized carbons (Fsp3) is 0.278. The average Bonchev–Trinajstić information content (AvgIpc) is 2.49. The molecule has 3 rings (SSSR count). The molecule has 1 saturated heterocycles. The predicted molar refractivity (Wildman–Crippen MR) is 80.3 cm³/mol. The average molecular weight is 265 g/mol. The van der Waals surface area contributed by atoms with Crippen LogP contribution >= 0.6 is 0 Å². The number of benzene rings is 2. The third-order valence-electron chi connectivity index (χ3n) is 3.93. The summed E-state index contributed by atoms with van der Waals surface area (Å²) in [6, 6.07) is 21.3. The lowest BCUT2D eigenvalue weighted by atomic mass is 9.94. The Bertz CT molecular complexity index is 564. The Kier molecular flexibility index (Phi) is 3.93. The van der Waals surface area contributed by atoms with Gasteiger partial charge in [-0.2, -0.15) is 0 Å². The van der Waals surface area contributed by atoms with Crippen LogP contribution in [0, 0.1) is 0 Å². The normalized spacial score (nSPS) is 20.0. The number of carbonyl (C=O) groups is 1. The van der Waals surface area contributed by atoms with Crippen molar-refractivity contribution in [2.24, 2.45) is 0 Å². The molecule has 102 valence electrons. The topological polar surface area (TPSA) is 20.3 Å². The molecule has 0 spiro atoms. The van der Waals surface area contributed by atoms with E-state index in [2.05, 4.69) is 53.4 Å². The zero-order valence-electron chi connectivity index (χ0n) is 11.5. The van der Waals surface area contributed by atoms with E-state index >= 15 is 0 Å². The number of rotatable bonds is 3. The molecule has 0 unspecified atom stereocenters. The number of piperidine rings is 1. The minimum Gasteiger partial charge on any atom is -0.298 e. The van der Waals surface area contributed by atoms with Crippen LogP contribution in [-0.2, 0) is 11.3 Å². The van der Waals surface area contributed by atoms with Crippen LogP contribution in [0.25, 0.3) is 0 Å². The molecular weight excluding hydrogens is 246 g/mol. The van der Waals surface area contributed by atoms with Gasteiger partial charge in [0.1, 0.15) is 5.78 Å². The van der Waals surface area contributed by atoms with Gasteiger partial charge in [0, 0.05) is 19.0 Å². The molecule has 0 aromatic heterocycles. The molecule has 1 aliphatic rings. The van der Waals surface area contributed by atoms with E-state index in [9.17, 15) is 4.79 Å². The summed E-state index contributed by atoms with van der Waals surface area (Å²) >= 11 is 0. The van der Waals surface area contributed by atoms with Crippen LogP contribution < -0.4 is 0 Å².